The molecule has 0 amide bonds. The predicted octanol–water partition coefficient (Wildman–Crippen LogP) is 1.74. The van der Waals surface area contributed by atoms with Gasteiger partial charge < -0.3 is 4.74 Å². The van der Waals surface area contributed by atoms with Crippen LogP contribution in [0.2, 0.25) is 0 Å². The Kier molecular flexibility index (Phi) is 2.93. The molecule has 4 nitrogen and oxygen atoms in total. The van der Waals surface area contributed by atoms with Crippen molar-refractivity contribution in [1.82, 2.24) is 9.78 Å². The van der Waals surface area contributed by atoms with Gasteiger partial charge in [0.25, 0.3) is 0 Å². The molecule has 4 heteroatoms. The van der Waals surface area contributed by atoms with Gasteiger partial charge in [-0.1, -0.05) is 0 Å². The normalized spacial score (nSPS) is 11.4. The summed E-state index contributed by atoms with van der Waals surface area (Å²) in [6.07, 6.45) is 1.78. The minimum atomic E-state index is -0.456. The second-order valence-electron chi connectivity index (χ2n) is 4.31. The Labute approximate surface area is 83.9 Å². The predicted molar refractivity (Wildman–Crippen MR) is 52.5 cm³/mol. The van der Waals surface area contributed by atoms with Crippen LogP contribution in [0, 0.1) is 12.3 Å². The number of aromatic nitrogens is 2. The molecule has 78 valence electrons. The first kappa shape index (κ1) is 10.8. The minimum Gasteiger partial charge on any atom is -0.442 e. The molecule has 0 atom stereocenters. The Hall–Kier alpha value is -1.32. The lowest BCUT2D eigenvalue weighted by Crippen LogP contribution is -2.24. The molecule has 0 aliphatic rings. The lowest BCUT2D eigenvalue weighted by atomic mass is 9.98. The number of aryl methyl sites for hydroxylation is 1. The van der Waals surface area contributed by atoms with Gasteiger partial charge in [0.2, 0.25) is 0 Å². The van der Waals surface area contributed by atoms with Gasteiger partial charge in [-0.3, -0.25) is 4.79 Å². The summed E-state index contributed by atoms with van der Waals surface area (Å²) in [6.45, 7) is 7.54. The fraction of sp³-hybridized carbons (Fsp3) is 0.600. The van der Waals surface area contributed by atoms with Gasteiger partial charge in [-0.25, -0.2) is 4.68 Å². The minimum absolute atomic E-state index is 0.184. The molecule has 0 saturated heterocycles. The number of carbonyl (C=O) groups excluding carboxylic acids is 1. The van der Waals surface area contributed by atoms with Gasteiger partial charge in [-0.2, -0.15) is 5.10 Å². The van der Waals surface area contributed by atoms with Crippen molar-refractivity contribution in [2.75, 3.05) is 0 Å². The van der Waals surface area contributed by atoms with E-state index in [2.05, 4.69) is 5.10 Å². The Morgan fingerprint density at radius 1 is 1.57 bits per heavy atom. The van der Waals surface area contributed by atoms with Gasteiger partial charge in [-0.05, 0) is 33.8 Å². The molecule has 0 radical (unpaired) electrons. The fourth-order valence-corrected chi connectivity index (χ4v) is 0.876. The molecule has 1 heterocycles. The monoisotopic (exact) mass is 196 g/mol. The van der Waals surface area contributed by atoms with Crippen LogP contribution in [0.5, 0.6) is 0 Å². The van der Waals surface area contributed by atoms with Crippen molar-refractivity contribution in [2.45, 2.75) is 34.4 Å². The van der Waals surface area contributed by atoms with Gasteiger partial charge in [0.15, 0.2) is 6.73 Å². The molecule has 0 aliphatic heterocycles. The molecule has 0 saturated carbocycles. The molecular formula is C10H16N2O2. The summed E-state index contributed by atoms with van der Waals surface area (Å²) in [5.41, 5.74) is 0.458. The zero-order valence-corrected chi connectivity index (χ0v) is 9.07. The maximum Gasteiger partial charge on any atom is 0.313 e. The topological polar surface area (TPSA) is 44.1 Å². The lowest BCUT2D eigenvalue weighted by molar-refractivity contribution is -0.157. The summed E-state index contributed by atoms with van der Waals surface area (Å²) in [5, 5.41) is 4.10. The molecule has 0 spiro atoms. The maximum atomic E-state index is 11.4. The highest BCUT2D eigenvalue weighted by molar-refractivity contribution is 5.75. The summed E-state index contributed by atoms with van der Waals surface area (Å²) in [6, 6.07) is 1.87. The second kappa shape index (κ2) is 3.82. The van der Waals surface area contributed by atoms with Crippen LogP contribution in [0.15, 0.2) is 12.3 Å². The van der Waals surface area contributed by atoms with Crippen LogP contribution in [-0.4, -0.2) is 15.7 Å². The molecule has 14 heavy (non-hydrogen) atoms. The van der Waals surface area contributed by atoms with Crippen molar-refractivity contribution < 1.29 is 9.53 Å². The fourth-order valence-electron chi connectivity index (χ4n) is 0.876. The smallest absolute Gasteiger partial charge is 0.313 e. The van der Waals surface area contributed by atoms with Crippen LogP contribution in [0.1, 0.15) is 26.5 Å². The Balaban J connectivity index is 2.46. The summed E-state index contributed by atoms with van der Waals surface area (Å²) in [4.78, 5) is 11.4. The highest BCUT2D eigenvalue weighted by Gasteiger charge is 2.22. The van der Waals surface area contributed by atoms with E-state index < -0.39 is 5.41 Å². The quantitative estimate of drug-likeness (QED) is 0.677. The Bertz CT molecular complexity index is 323. The first-order chi connectivity index (χ1) is 6.39. The number of ether oxygens (including phenoxy) is 1. The van der Waals surface area contributed by atoms with Crippen LogP contribution < -0.4 is 0 Å². The largest absolute Gasteiger partial charge is 0.442 e. The zero-order chi connectivity index (χ0) is 10.8. The molecule has 0 fully saturated rings. The second-order valence-corrected chi connectivity index (χ2v) is 4.31. The van der Waals surface area contributed by atoms with E-state index in [-0.39, 0.29) is 12.7 Å². The molecule has 1 aromatic heterocycles. The van der Waals surface area contributed by atoms with Crippen LogP contribution in [0.25, 0.3) is 0 Å². The number of hydrogen-bond donors (Lipinski definition) is 0. The highest BCUT2D eigenvalue weighted by Crippen LogP contribution is 2.15. The first-order valence-corrected chi connectivity index (χ1v) is 4.57. The third-order valence-electron chi connectivity index (χ3n) is 1.71. The number of carbonyl (C=O) groups is 1. The lowest BCUT2D eigenvalue weighted by Gasteiger charge is -2.16. The van der Waals surface area contributed by atoms with E-state index in [0.29, 0.717) is 0 Å². The Morgan fingerprint density at radius 2 is 2.21 bits per heavy atom. The average Bonchev–Trinajstić information content (AvgIpc) is 2.45. The zero-order valence-electron chi connectivity index (χ0n) is 9.07. The van der Waals surface area contributed by atoms with Gasteiger partial charge in [0.05, 0.1) is 11.1 Å². The molecule has 0 aromatic carbocycles. The molecule has 0 N–H and O–H groups in total. The van der Waals surface area contributed by atoms with Crippen LogP contribution in [0.3, 0.4) is 0 Å². The van der Waals surface area contributed by atoms with E-state index in [4.69, 9.17) is 4.74 Å². The van der Waals surface area contributed by atoms with E-state index in [1.165, 1.54) is 0 Å². The Morgan fingerprint density at radius 3 is 2.64 bits per heavy atom. The van der Waals surface area contributed by atoms with Gasteiger partial charge in [-0.15, -0.1) is 0 Å². The van der Waals surface area contributed by atoms with Crippen LogP contribution in [0.4, 0.5) is 0 Å². The maximum absolute atomic E-state index is 11.4. The van der Waals surface area contributed by atoms with Crippen molar-refractivity contribution in [3.63, 3.8) is 0 Å². The number of hydrogen-bond acceptors (Lipinski definition) is 3. The average molecular weight is 196 g/mol. The van der Waals surface area contributed by atoms with Crippen LogP contribution >= 0.6 is 0 Å². The van der Waals surface area contributed by atoms with Crippen LogP contribution in [-0.2, 0) is 16.3 Å². The SMILES string of the molecule is Cc1ccn(COC(=O)C(C)(C)C)n1. The van der Waals surface area contributed by atoms with Gasteiger partial charge in [0, 0.05) is 6.20 Å². The molecule has 1 rings (SSSR count). The molecule has 0 bridgehead atoms. The van der Waals surface area contributed by atoms with Gasteiger partial charge in [0.1, 0.15) is 0 Å². The van der Waals surface area contributed by atoms with Crippen molar-refractivity contribution >= 4 is 5.97 Å². The number of esters is 1. The highest BCUT2D eigenvalue weighted by atomic mass is 16.5. The van der Waals surface area contributed by atoms with Crippen molar-refractivity contribution in [3.8, 4) is 0 Å². The molecule has 1 aromatic rings. The van der Waals surface area contributed by atoms with E-state index in [0.717, 1.165) is 5.69 Å². The summed E-state index contributed by atoms with van der Waals surface area (Å²) in [7, 11) is 0. The first-order valence-electron chi connectivity index (χ1n) is 4.57. The third kappa shape index (κ3) is 2.87. The van der Waals surface area contributed by atoms with Crippen molar-refractivity contribution in [2.24, 2.45) is 5.41 Å². The third-order valence-corrected chi connectivity index (χ3v) is 1.71. The van der Waals surface area contributed by atoms with E-state index in [1.807, 2.05) is 33.8 Å². The standard InChI is InChI=1S/C10H16N2O2/c1-8-5-6-12(11-8)7-14-9(13)10(2,3)4/h5-6H,7H2,1-4H3. The molecule has 0 unspecified atom stereocenters. The summed E-state index contributed by atoms with van der Waals surface area (Å²) in [5.74, 6) is -0.217. The van der Waals surface area contributed by atoms with E-state index in [9.17, 15) is 4.79 Å². The summed E-state index contributed by atoms with van der Waals surface area (Å²) >= 11 is 0. The van der Waals surface area contributed by atoms with Crippen molar-refractivity contribution in [3.05, 3.63) is 18.0 Å². The van der Waals surface area contributed by atoms with E-state index in [1.54, 1.807) is 10.9 Å². The van der Waals surface area contributed by atoms with E-state index >= 15 is 0 Å². The number of rotatable bonds is 2. The van der Waals surface area contributed by atoms with Gasteiger partial charge >= 0.3 is 5.97 Å². The number of nitrogens with zero attached hydrogens (tertiary/aromatic N) is 2. The molecular weight excluding hydrogens is 180 g/mol. The molecule has 0 aliphatic carbocycles. The van der Waals surface area contributed by atoms with Crippen molar-refractivity contribution in [1.29, 1.82) is 0 Å². The summed E-state index contributed by atoms with van der Waals surface area (Å²) < 4.78 is 6.66.